The van der Waals surface area contributed by atoms with Crippen molar-refractivity contribution >= 4 is 5.91 Å². The average molecular weight is 362 g/mol. The van der Waals surface area contributed by atoms with E-state index in [2.05, 4.69) is 15.0 Å². The van der Waals surface area contributed by atoms with Crippen LogP contribution in [0.2, 0.25) is 0 Å². The van der Waals surface area contributed by atoms with E-state index in [-0.39, 0.29) is 17.5 Å². The number of aromatic amines is 1. The van der Waals surface area contributed by atoms with E-state index in [9.17, 15) is 9.59 Å². The van der Waals surface area contributed by atoms with E-state index in [1.807, 2.05) is 50.2 Å². The van der Waals surface area contributed by atoms with E-state index in [0.717, 1.165) is 16.7 Å². The van der Waals surface area contributed by atoms with Gasteiger partial charge in [-0.25, -0.2) is 4.98 Å². The fourth-order valence-corrected chi connectivity index (χ4v) is 3.12. The second kappa shape index (κ2) is 7.95. The van der Waals surface area contributed by atoms with Crippen LogP contribution in [-0.2, 0) is 0 Å². The molecule has 0 bridgehead atoms. The minimum atomic E-state index is -0.445. The molecule has 1 amide bonds. The largest absolute Gasteiger partial charge is 0.334 e. The molecule has 2 heterocycles. The Labute approximate surface area is 157 Å². The van der Waals surface area contributed by atoms with E-state index >= 15 is 0 Å². The van der Waals surface area contributed by atoms with Crippen molar-refractivity contribution in [3.8, 4) is 11.4 Å². The molecule has 0 saturated carbocycles. The lowest BCUT2D eigenvalue weighted by Gasteiger charge is -2.27. The maximum Gasteiger partial charge on any atom is 0.264 e. The predicted molar refractivity (Wildman–Crippen MR) is 104 cm³/mol. The maximum atomic E-state index is 12.9. The summed E-state index contributed by atoms with van der Waals surface area (Å²) in [5.41, 5.74) is 2.38. The Morgan fingerprint density at radius 3 is 2.67 bits per heavy atom. The maximum absolute atomic E-state index is 12.9. The third-order valence-electron chi connectivity index (χ3n) is 4.56. The number of benzene rings is 1. The van der Waals surface area contributed by atoms with Crippen molar-refractivity contribution in [1.82, 2.24) is 19.9 Å². The highest BCUT2D eigenvalue weighted by molar-refractivity contribution is 5.93. The molecule has 3 aromatic rings. The molecule has 1 atom stereocenters. The van der Waals surface area contributed by atoms with Crippen molar-refractivity contribution in [2.45, 2.75) is 26.3 Å². The van der Waals surface area contributed by atoms with Gasteiger partial charge in [-0.1, -0.05) is 36.8 Å². The van der Waals surface area contributed by atoms with Gasteiger partial charge in [0.1, 0.15) is 11.4 Å². The molecule has 6 nitrogen and oxygen atoms in total. The Morgan fingerprint density at radius 1 is 1.22 bits per heavy atom. The summed E-state index contributed by atoms with van der Waals surface area (Å²) in [7, 11) is 1.69. The molecule has 0 spiro atoms. The average Bonchev–Trinajstić information content (AvgIpc) is 2.68. The van der Waals surface area contributed by atoms with Crippen LogP contribution >= 0.6 is 0 Å². The first-order valence-electron chi connectivity index (χ1n) is 8.84. The Kier molecular flexibility index (Phi) is 5.45. The van der Waals surface area contributed by atoms with Crippen molar-refractivity contribution < 1.29 is 4.79 Å². The van der Waals surface area contributed by atoms with Gasteiger partial charge in [0.2, 0.25) is 0 Å². The highest BCUT2D eigenvalue weighted by atomic mass is 16.2. The molecule has 0 fully saturated rings. The highest BCUT2D eigenvalue weighted by Gasteiger charge is 2.24. The summed E-state index contributed by atoms with van der Waals surface area (Å²) < 4.78 is 0. The van der Waals surface area contributed by atoms with Gasteiger partial charge < -0.3 is 9.88 Å². The zero-order valence-electron chi connectivity index (χ0n) is 15.6. The summed E-state index contributed by atoms with van der Waals surface area (Å²) in [4.78, 5) is 38.1. The van der Waals surface area contributed by atoms with Crippen LogP contribution in [0, 0.1) is 6.92 Å². The predicted octanol–water partition coefficient (Wildman–Crippen LogP) is 3.36. The second-order valence-electron chi connectivity index (χ2n) is 6.47. The second-order valence-corrected chi connectivity index (χ2v) is 6.47. The van der Waals surface area contributed by atoms with Gasteiger partial charge in [0.15, 0.2) is 0 Å². The summed E-state index contributed by atoms with van der Waals surface area (Å²) in [6.45, 7) is 3.96. The number of H-pyrrole nitrogens is 1. The van der Waals surface area contributed by atoms with Gasteiger partial charge in [0, 0.05) is 31.2 Å². The topological polar surface area (TPSA) is 79.0 Å². The van der Waals surface area contributed by atoms with Crippen LogP contribution in [0.1, 0.15) is 40.9 Å². The van der Waals surface area contributed by atoms with Crippen LogP contribution in [0.3, 0.4) is 0 Å². The molecule has 2 aromatic heterocycles. The van der Waals surface area contributed by atoms with Crippen LogP contribution in [0.5, 0.6) is 0 Å². The summed E-state index contributed by atoms with van der Waals surface area (Å²) in [6.07, 6.45) is 5.49. The Hall–Kier alpha value is -3.28. The van der Waals surface area contributed by atoms with Crippen LogP contribution < -0.4 is 5.56 Å². The molecule has 3 rings (SSSR count). The van der Waals surface area contributed by atoms with Crippen molar-refractivity contribution in [3.05, 3.63) is 82.0 Å². The van der Waals surface area contributed by atoms with Gasteiger partial charge in [-0.05, 0) is 31.0 Å². The van der Waals surface area contributed by atoms with Crippen LogP contribution in [-0.4, -0.2) is 32.8 Å². The van der Waals surface area contributed by atoms with E-state index in [1.54, 1.807) is 24.3 Å². The SMILES string of the molecule is CC[C@@H](c1cccnc1)N(C)C(=O)c1cnc(-c2cccc(C)c2)[nH]c1=O. The van der Waals surface area contributed by atoms with Crippen molar-refractivity contribution in [3.63, 3.8) is 0 Å². The first-order valence-corrected chi connectivity index (χ1v) is 8.84. The van der Waals surface area contributed by atoms with Gasteiger partial charge in [-0.3, -0.25) is 14.6 Å². The normalized spacial score (nSPS) is 11.8. The fraction of sp³-hybridized carbons (Fsp3) is 0.238. The highest BCUT2D eigenvalue weighted by Crippen LogP contribution is 2.23. The van der Waals surface area contributed by atoms with Gasteiger partial charge in [-0.2, -0.15) is 0 Å². The number of amides is 1. The minimum absolute atomic E-state index is 0.0243. The van der Waals surface area contributed by atoms with Crippen molar-refractivity contribution in [2.24, 2.45) is 0 Å². The zero-order chi connectivity index (χ0) is 19.4. The zero-order valence-corrected chi connectivity index (χ0v) is 15.6. The fourth-order valence-electron chi connectivity index (χ4n) is 3.12. The number of pyridine rings is 1. The monoisotopic (exact) mass is 362 g/mol. The van der Waals surface area contributed by atoms with Gasteiger partial charge in [-0.15, -0.1) is 0 Å². The quantitative estimate of drug-likeness (QED) is 0.755. The number of rotatable bonds is 5. The number of carbonyl (C=O) groups is 1. The molecule has 0 radical (unpaired) electrons. The van der Waals surface area contributed by atoms with Crippen molar-refractivity contribution in [1.29, 1.82) is 0 Å². The Bertz CT molecular complexity index is 998. The van der Waals surface area contributed by atoms with Crippen LogP contribution in [0.15, 0.2) is 59.8 Å². The molecule has 6 heteroatoms. The third kappa shape index (κ3) is 3.95. The van der Waals surface area contributed by atoms with Gasteiger partial charge >= 0.3 is 0 Å². The van der Waals surface area contributed by atoms with E-state index in [4.69, 9.17) is 0 Å². The number of hydrogen-bond acceptors (Lipinski definition) is 4. The minimum Gasteiger partial charge on any atom is -0.334 e. The molecule has 27 heavy (non-hydrogen) atoms. The molecule has 0 saturated heterocycles. The molecule has 1 aromatic carbocycles. The van der Waals surface area contributed by atoms with E-state index in [0.29, 0.717) is 12.2 Å². The van der Waals surface area contributed by atoms with Crippen molar-refractivity contribution in [2.75, 3.05) is 7.05 Å². The standard InChI is InChI=1S/C21H22N4O2/c1-4-18(16-9-6-10-22-12-16)25(3)21(27)17-13-23-19(24-20(17)26)15-8-5-7-14(2)11-15/h5-13,18H,4H2,1-3H3,(H,23,24,26)/t18-/m0/s1. The Morgan fingerprint density at radius 2 is 2.04 bits per heavy atom. The van der Waals surface area contributed by atoms with Crippen LogP contribution in [0.25, 0.3) is 11.4 Å². The number of aryl methyl sites for hydroxylation is 1. The first-order chi connectivity index (χ1) is 13.0. The molecule has 138 valence electrons. The van der Waals surface area contributed by atoms with E-state index < -0.39 is 5.56 Å². The first kappa shape index (κ1) is 18.5. The lowest BCUT2D eigenvalue weighted by atomic mass is 10.0. The summed E-state index contributed by atoms with van der Waals surface area (Å²) in [5.74, 6) is 0.0810. The third-order valence-corrected chi connectivity index (χ3v) is 4.56. The lowest BCUT2D eigenvalue weighted by molar-refractivity contribution is 0.0723. The summed E-state index contributed by atoms with van der Waals surface area (Å²) in [6, 6.07) is 11.3. The summed E-state index contributed by atoms with van der Waals surface area (Å²) in [5, 5.41) is 0. The molecule has 0 aliphatic rings. The number of aromatic nitrogens is 3. The summed E-state index contributed by atoms with van der Waals surface area (Å²) >= 11 is 0. The molecule has 0 aliphatic carbocycles. The van der Waals surface area contributed by atoms with Gasteiger partial charge in [0.25, 0.3) is 11.5 Å². The number of nitrogens with zero attached hydrogens (tertiary/aromatic N) is 3. The Balaban J connectivity index is 1.89. The number of hydrogen-bond donors (Lipinski definition) is 1. The molecular formula is C21H22N4O2. The molecule has 0 aliphatic heterocycles. The lowest BCUT2D eigenvalue weighted by Crippen LogP contribution is -2.35. The van der Waals surface area contributed by atoms with E-state index in [1.165, 1.54) is 6.20 Å². The molecule has 1 N–H and O–H groups in total. The smallest absolute Gasteiger partial charge is 0.264 e. The molecule has 0 unspecified atom stereocenters. The molecular weight excluding hydrogens is 340 g/mol. The van der Waals surface area contributed by atoms with Gasteiger partial charge in [0.05, 0.1) is 6.04 Å². The number of nitrogens with one attached hydrogen (secondary N) is 1. The number of carbonyl (C=O) groups excluding carboxylic acids is 1. The van der Waals surface area contributed by atoms with Crippen LogP contribution in [0.4, 0.5) is 0 Å².